The molecule has 0 saturated carbocycles. The maximum absolute atomic E-state index is 12.9. The van der Waals surface area contributed by atoms with Crippen LogP contribution in [0.1, 0.15) is 11.6 Å². The van der Waals surface area contributed by atoms with Gasteiger partial charge in [0.2, 0.25) is 15.9 Å². The van der Waals surface area contributed by atoms with Crippen LogP contribution in [0.2, 0.25) is 0 Å². The molecule has 1 N–H and O–H groups in total. The van der Waals surface area contributed by atoms with E-state index in [1.807, 2.05) is 36.4 Å². The molecule has 3 aromatic carbocycles. The summed E-state index contributed by atoms with van der Waals surface area (Å²) in [6, 6.07) is 24.1. The molecule has 0 fully saturated rings. The molecule has 7 heteroatoms. The molecule has 6 nitrogen and oxygen atoms in total. The van der Waals surface area contributed by atoms with Crippen molar-refractivity contribution in [3.05, 3.63) is 90.5 Å². The largest absolute Gasteiger partial charge is 0.457 e. The number of nitrogens with one attached hydrogen (secondary N) is 1. The maximum atomic E-state index is 12.9. The monoisotopic (exact) mass is 410 g/mol. The van der Waals surface area contributed by atoms with Gasteiger partial charge in [-0.25, -0.2) is 8.42 Å². The third-order valence-corrected chi connectivity index (χ3v) is 5.61. The zero-order chi connectivity index (χ0) is 20.9. The zero-order valence-corrected chi connectivity index (χ0v) is 17.0. The van der Waals surface area contributed by atoms with Crippen molar-refractivity contribution in [1.82, 2.24) is 4.31 Å². The summed E-state index contributed by atoms with van der Waals surface area (Å²) in [6.07, 6.45) is 1.08. The number of carbonyl (C=O) groups is 1. The van der Waals surface area contributed by atoms with Crippen LogP contribution in [-0.2, 0) is 14.8 Å². The summed E-state index contributed by atoms with van der Waals surface area (Å²) in [6.45, 7) is 0. The van der Waals surface area contributed by atoms with Gasteiger partial charge in [-0.15, -0.1) is 0 Å². The molecule has 0 spiro atoms. The Morgan fingerprint density at radius 2 is 1.38 bits per heavy atom. The lowest BCUT2D eigenvalue weighted by atomic mass is 10.1. The van der Waals surface area contributed by atoms with Gasteiger partial charge >= 0.3 is 0 Å². The van der Waals surface area contributed by atoms with Crippen molar-refractivity contribution in [3.8, 4) is 11.5 Å². The van der Waals surface area contributed by atoms with Crippen molar-refractivity contribution < 1.29 is 17.9 Å². The number of benzene rings is 3. The van der Waals surface area contributed by atoms with Crippen molar-refractivity contribution in [2.45, 2.75) is 6.04 Å². The molecule has 29 heavy (non-hydrogen) atoms. The standard InChI is InChI=1S/C22H22N2O4S/c1-24(29(2,26)27)21(17-9-5-3-6-10-17)22(25)23-18-13-15-20(16-14-18)28-19-11-7-4-8-12-19/h3-16,21H,1-2H3,(H,23,25)/t21-/m0/s1. The number of sulfonamides is 1. The van der Waals surface area contributed by atoms with E-state index in [-0.39, 0.29) is 0 Å². The second-order valence-corrected chi connectivity index (χ2v) is 8.56. The third-order valence-electron chi connectivity index (χ3n) is 4.35. The Morgan fingerprint density at radius 1 is 0.862 bits per heavy atom. The summed E-state index contributed by atoms with van der Waals surface area (Å²) in [5, 5.41) is 2.78. The Labute approximate surface area is 170 Å². The van der Waals surface area contributed by atoms with Crippen LogP contribution < -0.4 is 10.1 Å². The van der Waals surface area contributed by atoms with Crippen LogP contribution in [0.3, 0.4) is 0 Å². The van der Waals surface area contributed by atoms with E-state index in [0.29, 0.717) is 22.7 Å². The lowest BCUT2D eigenvalue weighted by molar-refractivity contribution is -0.119. The average molecular weight is 410 g/mol. The number of amides is 1. The molecule has 1 amide bonds. The first-order chi connectivity index (χ1) is 13.8. The molecule has 0 aromatic heterocycles. The summed E-state index contributed by atoms with van der Waals surface area (Å²) < 4.78 is 30.9. The van der Waals surface area contributed by atoms with Crippen LogP contribution in [0.25, 0.3) is 0 Å². The highest BCUT2D eigenvalue weighted by atomic mass is 32.2. The predicted octanol–water partition coefficient (Wildman–Crippen LogP) is 4.05. The van der Waals surface area contributed by atoms with Gasteiger partial charge in [-0.3, -0.25) is 4.79 Å². The number of rotatable bonds is 7. The van der Waals surface area contributed by atoms with Gasteiger partial charge < -0.3 is 10.1 Å². The van der Waals surface area contributed by atoms with E-state index in [4.69, 9.17) is 4.74 Å². The highest BCUT2D eigenvalue weighted by Gasteiger charge is 2.30. The van der Waals surface area contributed by atoms with Gasteiger partial charge in [0.15, 0.2) is 0 Å². The number of para-hydroxylation sites is 1. The number of hydrogen-bond acceptors (Lipinski definition) is 4. The van der Waals surface area contributed by atoms with E-state index in [9.17, 15) is 13.2 Å². The van der Waals surface area contributed by atoms with Gasteiger partial charge in [0, 0.05) is 12.7 Å². The molecule has 150 valence electrons. The highest BCUT2D eigenvalue weighted by Crippen LogP contribution is 2.26. The molecule has 3 rings (SSSR count). The summed E-state index contributed by atoms with van der Waals surface area (Å²) in [4.78, 5) is 12.9. The highest BCUT2D eigenvalue weighted by molar-refractivity contribution is 7.88. The smallest absolute Gasteiger partial charge is 0.247 e. The number of hydrogen-bond donors (Lipinski definition) is 1. The molecule has 3 aromatic rings. The first-order valence-electron chi connectivity index (χ1n) is 8.96. The Kier molecular flexibility index (Phi) is 6.31. The van der Waals surface area contributed by atoms with Crippen LogP contribution in [0.4, 0.5) is 5.69 Å². The van der Waals surface area contributed by atoms with Gasteiger partial charge in [-0.1, -0.05) is 48.5 Å². The SMILES string of the molecule is CN([C@H](C(=O)Nc1ccc(Oc2ccccc2)cc1)c1ccccc1)S(C)(=O)=O. The van der Waals surface area contributed by atoms with Crippen molar-refractivity contribution >= 4 is 21.6 Å². The van der Waals surface area contributed by atoms with Crippen LogP contribution in [0, 0.1) is 0 Å². The predicted molar refractivity (Wildman–Crippen MR) is 113 cm³/mol. The van der Waals surface area contributed by atoms with E-state index in [2.05, 4.69) is 5.32 Å². The van der Waals surface area contributed by atoms with Gasteiger partial charge in [0.25, 0.3) is 0 Å². The number of likely N-dealkylation sites (N-methyl/N-ethyl adjacent to an activating group) is 1. The summed E-state index contributed by atoms with van der Waals surface area (Å²) >= 11 is 0. The Hall–Kier alpha value is -3.16. The first kappa shape index (κ1) is 20.6. The number of anilines is 1. The molecule has 0 radical (unpaired) electrons. The van der Waals surface area contributed by atoms with Gasteiger partial charge in [0.1, 0.15) is 17.5 Å². The molecule has 1 atom stereocenters. The van der Waals surface area contributed by atoms with Crippen LogP contribution in [0.5, 0.6) is 11.5 Å². The van der Waals surface area contributed by atoms with Crippen LogP contribution in [-0.4, -0.2) is 31.9 Å². The lowest BCUT2D eigenvalue weighted by Gasteiger charge is -2.25. The van der Waals surface area contributed by atoms with E-state index < -0.39 is 22.0 Å². The zero-order valence-electron chi connectivity index (χ0n) is 16.1. The molecular formula is C22H22N2O4S. The Balaban J connectivity index is 1.77. The molecule has 0 heterocycles. The Morgan fingerprint density at radius 3 is 1.93 bits per heavy atom. The fraction of sp³-hybridized carbons (Fsp3) is 0.136. The number of carbonyl (C=O) groups excluding carboxylic acids is 1. The molecule has 0 saturated heterocycles. The lowest BCUT2D eigenvalue weighted by Crippen LogP contribution is -2.38. The summed E-state index contributed by atoms with van der Waals surface area (Å²) in [7, 11) is -2.18. The maximum Gasteiger partial charge on any atom is 0.247 e. The molecular weight excluding hydrogens is 388 g/mol. The van der Waals surface area contributed by atoms with Crippen molar-refractivity contribution in [2.75, 3.05) is 18.6 Å². The second-order valence-electron chi connectivity index (χ2n) is 6.52. The minimum Gasteiger partial charge on any atom is -0.457 e. The number of nitrogens with zero attached hydrogens (tertiary/aromatic N) is 1. The summed E-state index contributed by atoms with van der Waals surface area (Å²) in [5.74, 6) is 0.895. The quantitative estimate of drug-likeness (QED) is 0.638. The van der Waals surface area contributed by atoms with Crippen LogP contribution >= 0.6 is 0 Å². The topological polar surface area (TPSA) is 75.7 Å². The normalized spacial score (nSPS) is 12.4. The molecule has 0 aliphatic heterocycles. The van der Waals surface area contributed by atoms with Crippen molar-refractivity contribution in [3.63, 3.8) is 0 Å². The van der Waals surface area contributed by atoms with Crippen molar-refractivity contribution in [2.24, 2.45) is 0 Å². The van der Waals surface area contributed by atoms with E-state index in [0.717, 1.165) is 10.6 Å². The molecule has 0 unspecified atom stereocenters. The van der Waals surface area contributed by atoms with Crippen molar-refractivity contribution in [1.29, 1.82) is 0 Å². The fourth-order valence-electron chi connectivity index (χ4n) is 2.79. The second kappa shape index (κ2) is 8.89. The third kappa shape index (κ3) is 5.43. The van der Waals surface area contributed by atoms with Gasteiger partial charge in [-0.05, 0) is 42.0 Å². The molecule has 0 aliphatic rings. The minimum atomic E-state index is -3.58. The van der Waals surface area contributed by atoms with E-state index >= 15 is 0 Å². The van der Waals surface area contributed by atoms with Gasteiger partial charge in [0.05, 0.1) is 6.26 Å². The first-order valence-corrected chi connectivity index (χ1v) is 10.8. The molecule has 0 aliphatic carbocycles. The Bertz CT molecular complexity index is 1050. The van der Waals surface area contributed by atoms with E-state index in [1.165, 1.54) is 7.05 Å². The minimum absolute atomic E-state index is 0.444. The van der Waals surface area contributed by atoms with E-state index in [1.54, 1.807) is 48.5 Å². The molecule has 0 bridgehead atoms. The van der Waals surface area contributed by atoms with Gasteiger partial charge in [-0.2, -0.15) is 4.31 Å². The average Bonchev–Trinajstić information content (AvgIpc) is 2.70. The van der Waals surface area contributed by atoms with Crippen LogP contribution in [0.15, 0.2) is 84.9 Å². The number of ether oxygens (including phenoxy) is 1. The fourth-order valence-corrected chi connectivity index (χ4v) is 3.40. The summed E-state index contributed by atoms with van der Waals surface area (Å²) in [5.41, 5.74) is 1.13.